The molecule has 156 valence electrons. The number of methoxy groups -OCH3 is 1. The standard InChI is InChI=1S/C22H27NO5S/c1-17-7-9-18(10-8-17)16-28-22(24)20-15-19(11-12-21(20)27-2)29(25,26)23-13-5-3-4-6-14-23/h7-12,15H,3-6,13-14,16H2,1-2H3. The first kappa shape index (κ1) is 21.3. The minimum atomic E-state index is -3.67. The van der Waals surface area contributed by atoms with Crippen LogP contribution in [0.5, 0.6) is 5.75 Å². The van der Waals surface area contributed by atoms with Gasteiger partial charge in [-0.1, -0.05) is 42.7 Å². The molecular weight excluding hydrogens is 390 g/mol. The molecule has 1 aliphatic rings. The van der Waals surface area contributed by atoms with Gasteiger partial charge in [-0.05, 0) is 43.5 Å². The molecule has 0 bridgehead atoms. The number of hydrogen-bond donors (Lipinski definition) is 0. The van der Waals surface area contributed by atoms with E-state index in [2.05, 4.69) is 0 Å². The fourth-order valence-corrected chi connectivity index (χ4v) is 4.89. The van der Waals surface area contributed by atoms with Gasteiger partial charge in [0.15, 0.2) is 0 Å². The third-order valence-corrected chi connectivity index (χ3v) is 6.98. The Bertz CT molecular complexity index is 946. The van der Waals surface area contributed by atoms with Crippen LogP contribution in [0.4, 0.5) is 0 Å². The molecule has 0 aromatic heterocycles. The first-order valence-corrected chi connectivity index (χ1v) is 11.3. The van der Waals surface area contributed by atoms with Gasteiger partial charge in [-0.25, -0.2) is 13.2 Å². The van der Waals surface area contributed by atoms with Crippen molar-refractivity contribution in [2.45, 2.75) is 44.1 Å². The van der Waals surface area contributed by atoms with E-state index in [-0.39, 0.29) is 22.8 Å². The lowest BCUT2D eigenvalue weighted by atomic mass is 10.1. The maximum atomic E-state index is 13.1. The van der Waals surface area contributed by atoms with Crippen molar-refractivity contribution in [2.75, 3.05) is 20.2 Å². The van der Waals surface area contributed by atoms with Gasteiger partial charge in [0, 0.05) is 13.1 Å². The zero-order valence-corrected chi connectivity index (χ0v) is 17.7. The van der Waals surface area contributed by atoms with Crippen molar-refractivity contribution in [3.8, 4) is 5.75 Å². The number of carbonyl (C=O) groups is 1. The van der Waals surface area contributed by atoms with Gasteiger partial charge in [0.2, 0.25) is 10.0 Å². The molecule has 0 radical (unpaired) electrons. The summed E-state index contributed by atoms with van der Waals surface area (Å²) < 4.78 is 38.3. The average molecular weight is 418 g/mol. The summed E-state index contributed by atoms with van der Waals surface area (Å²) in [5.41, 5.74) is 2.08. The molecule has 3 rings (SSSR count). The largest absolute Gasteiger partial charge is 0.496 e. The molecule has 0 amide bonds. The van der Waals surface area contributed by atoms with Gasteiger partial charge in [0.05, 0.1) is 12.0 Å². The summed E-state index contributed by atoms with van der Waals surface area (Å²) in [7, 11) is -2.23. The molecule has 2 aromatic rings. The van der Waals surface area contributed by atoms with E-state index < -0.39 is 16.0 Å². The zero-order chi connectivity index (χ0) is 20.9. The highest BCUT2D eigenvalue weighted by molar-refractivity contribution is 7.89. The lowest BCUT2D eigenvalue weighted by Gasteiger charge is -2.20. The Morgan fingerprint density at radius 1 is 1.00 bits per heavy atom. The Morgan fingerprint density at radius 2 is 1.66 bits per heavy atom. The van der Waals surface area contributed by atoms with Crippen LogP contribution < -0.4 is 4.74 Å². The molecule has 0 N–H and O–H groups in total. The van der Waals surface area contributed by atoms with Crippen LogP contribution in [-0.4, -0.2) is 38.9 Å². The number of ether oxygens (including phenoxy) is 2. The second-order valence-corrected chi connectivity index (χ2v) is 9.18. The summed E-state index contributed by atoms with van der Waals surface area (Å²) in [5.74, 6) is -0.330. The molecule has 7 heteroatoms. The number of sulfonamides is 1. The van der Waals surface area contributed by atoms with Crippen molar-refractivity contribution < 1.29 is 22.7 Å². The highest BCUT2D eigenvalue weighted by Gasteiger charge is 2.27. The van der Waals surface area contributed by atoms with Gasteiger partial charge < -0.3 is 9.47 Å². The van der Waals surface area contributed by atoms with Crippen molar-refractivity contribution in [3.63, 3.8) is 0 Å². The summed E-state index contributed by atoms with van der Waals surface area (Å²) in [5, 5.41) is 0. The molecule has 6 nitrogen and oxygen atoms in total. The third-order valence-electron chi connectivity index (χ3n) is 5.08. The van der Waals surface area contributed by atoms with Crippen LogP contribution in [-0.2, 0) is 21.4 Å². The van der Waals surface area contributed by atoms with Crippen LogP contribution in [0.15, 0.2) is 47.4 Å². The number of nitrogens with zero attached hydrogens (tertiary/aromatic N) is 1. The van der Waals surface area contributed by atoms with Gasteiger partial charge in [0.25, 0.3) is 0 Å². The monoisotopic (exact) mass is 417 g/mol. The fourth-order valence-electron chi connectivity index (χ4n) is 3.35. The smallest absolute Gasteiger partial charge is 0.342 e. The molecule has 0 unspecified atom stereocenters. The second-order valence-electron chi connectivity index (χ2n) is 7.24. The van der Waals surface area contributed by atoms with Gasteiger partial charge >= 0.3 is 5.97 Å². The van der Waals surface area contributed by atoms with E-state index in [0.29, 0.717) is 13.1 Å². The summed E-state index contributed by atoms with van der Waals surface area (Å²) in [6.07, 6.45) is 3.76. The molecule has 0 saturated carbocycles. The van der Waals surface area contributed by atoms with Crippen LogP contribution in [0.2, 0.25) is 0 Å². The van der Waals surface area contributed by atoms with E-state index in [1.807, 2.05) is 31.2 Å². The van der Waals surface area contributed by atoms with E-state index >= 15 is 0 Å². The maximum absolute atomic E-state index is 13.1. The Kier molecular flexibility index (Phi) is 6.92. The number of benzene rings is 2. The molecule has 1 fully saturated rings. The number of hydrogen-bond acceptors (Lipinski definition) is 5. The normalized spacial score (nSPS) is 15.5. The van der Waals surface area contributed by atoms with Crippen molar-refractivity contribution in [1.82, 2.24) is 4.31 Å². The molecule has 0 atom stereocenters. The van der Waals surface area contributed by atoms with Gasteiger partial charge in [-0.3, -0.25) is 0 Å². The Hall–Kier alpha value is -2.38. The average Bonchev–Trinajstić information content (AvgIpc) is 3.03. The molecule has 1 saturated heterocycles. The van der Waals surface area contributed by atoms with E-state index in [1.165, 1.54) is 29.6 Å². The van der Waals surface area contributed by atoms with Crippen molar-refractivity contribution in [1.29, 1.82) is 0 Å². The quantitative estimate of drug-likeness (QED) is 0.666. The Labute approximate surface area is 172 Å². The predicted octanol–water partition coefficient (Wildman–Crippen LogP) is 3.93. The molecule has 1 heterocycles. The second kappa shape index (κ2) is 9.41. The first-order chi connectivity index (χ1) is 13.9. The summed E-state index contributed by atoms with van der Waals surface area (Å²) >= 11 is 0. The third kappa shape index (κ3) is 5.16. The fraction of sp³-hybridized carbons (Fsp3) is 0.409. The van der Waals surface area contributed by atoms with Gasteiger partial charge in [-0.15, -0.1) is 0 Å². The molecular formula is C22H27NO5S. The summed E-state index contributed by atoms with van der Waals surface area (Å²) in [6.45, 7) is 3.09. The minimum absolute atomic E-state index is 0.0856. The highest BCUT2D eigenvalue weighted by atomic mass is 32.2. The summed E-state index contributed by atoms with van der Waals surface area (Å²) in [6, 6.07) is 12.0. The molecule has 29 heavy (non-hydrogen) atoms. The first-order valence-electron chi connectivity index (χ1n) is 9.82. The van der Waals surface area contributed by atoms with E-state index in [9.17, 15) is 13.2 Å². The van der Waals surface area contributed by atoms with Crippen LogP contribution >= 0.6 is 0 Å². The molecule has 0 aliphatic carbocycles. The predicted molar refractivity (Wildman–Crippen MR) is 111 cm³/mol. The summed E-state index contributed by atoms with van der Waals surface area (Å²) in [4.78, 5) is 12.8. The van der Waals surface area contributed by atoms with Crippen molar-refractivity contribution >= 4 is 16.0 Å². The Morgan fingerprint density at radius 3 is 2.28 bits per heavy atom. The van der Waals surface area contributed by atoms with Crippen molar-refractivity contribution in [3.05, 3.63) is 59.2 Å². The lowest BCUT2D eigenvalue weighted by Crippen LogP contribution is -2.32. The van der Waals surface area contributed by atoms with Crippen LogP contribution in [0, 0.1) is 6.92 Å². The van der Waals surface area contributed by atoms with Gasteiger partial charge in [0.1, 0.15) is 17.9 Å². The van der Waals surface area contributed by atoms with Crippen LogP contribution in [0.1, 0.15) is 47.2 Å². The lowest BCUT2D eigenvalue weighted by molar-refractivity contribution is 0.0468. The number of esters is 1. The zero-order valence-electron chi connectivity index (χ0n) is 16.9. The molecule has 2 aromatic carbocycles. The molecule has 0 spiro atoms. The number of carbonyl (C=O) groups excluding carboxylic acids is 1. The minimum Gasteiger partial charge on any atom is -0.496 e. The van der Waals surface area contributed by atoms with Crippen LogP contribution in [0.3, 0.4) is 0 Å². The van der Waals surface area contributed by atoms with E-state index in [1.54, 1.807) is 0 Å². The Balaban J connectivity index is 1.82. The van der Waals surface area contributed by atoms with E-state index in [0.717, 1.165) is 36.8 Å². The van der Waals surface area contributed by atoms with E-state index in [4.69, 9.17) is 9.47 Å². The number of aryl methyl sites for hydroxylation is 1. The highest BCUT2D eigenvalue weighted by Crippen LogP contribution is 2.27. The number of rotatable bonds is 6. The maximum Gasteiger partial charge on any atom is 0.342 e. The van der Waals surface area contributed by atoms with Gasteiger partial charge in [-0.2, -0.15) is 4.31 Å². The molecule has 1 aliphatic heterocycles. The topological polar surface area (TPSA) is 72.9 Å². The SMILES string of the molecule is COc1ccc(S(=O)(=O)N2CCCCCC2)cc1C(=O)OCc1ccc(C)cc1. The van der Waals surface area contributed by atoms with Crippen molar-refractivity contribution in [2.24, 2.45) is 0 Å². The van der Waals surface area contributed by atoms with Crippen LogP contribution in [0.25, 0.3) is 0 Å².